The molecule has 0 spiro atoms. The van der Waals surface area contributed by atoms with Gasteiger partial charge in [-0.3, -0.25) is 14.9 Å². The molecular weight excluding hydrogens is 538 g/mol. The van der Waals surface area contributed by atoms with Crippen molar-refractivity contribution in [3.63, 3.8) is 0 Å². The van der Waals surface area contributed by atoms with E-state index >= 15 is 0 Å². The Kier molecular flexibility index (Phi) is 16.8. The Hall–Kier alpha value is -2.28. The fraction of sp³-hybridized carbons (Fsp3) is 0.462. The number of nitrogens with zero attached hydrogens (tertiary/aromatic N) is 3. The lowest BCUT2D eigenvalue weighted by Crippen LogP contribution is -2.36. The number of carbonyl (C=O) groups is 2. The molecule has 2 N–H and O–H groups in total. The average Bonchev–Trinajstić information content (AvgIpc) is 3.38. The van der Waals surface area contributed by atoms with Crippen molar-refractivity contribution in [2.75, 3.05) is 53.4 Å². The van der Waals surface area contributed by atoms with Crippen molar-refractivity contribution in [3.05, 3.63) is 53.1 Å². The first kappa shape index (κ1) is 33.7. The third-order valence-corrected chi connectivity index (χ3v) is 6.40. The molecule has 1 aliphatic heterocycles. The smallest absolute Gasteiger partial charge is 0.258 e. The lowest BCUT2D eigenvalue weighted by molar-refractivity contribution is -0.129. The van der Waals surface area contributed by atoms with Crippen LogP contribution in [-0.4, -0.2) is 84.9 Å². The van der Waals surface area contributed by atoms with Crippen LogP contribution in [-0.2, 0) is 9.59 Å². The van der Waals surface area contributed by atoms with E-state index in [9.17, 15) is 18.4 Å². The van der Waals surface area contributed by atoms with Gasteiger partial charge in [-0.2, -0.15) is 0 Å². The number of carbonyl (C=O) groups excluding carboxylic acids is 2. The summed E-state index contributed by atoms with van der Waals surface area (Å²) < 4.78 is 35.7. The lowest BCUT2D eigenvalue weighted by Gasteiger charge is -2.23. The van der Waals surface area contributed by atoms with E-state index in [0.29, 0.717) is 11.6 Å². The SMILES string of the molecule is CC.CN(CC=O)CCN(CC(=O)NO)Sc1cc(F)c(Oc2ccc(Cl)cc2)c(F)c1.CN1CCCC1. The Morgan fingerprint density at radius 1 is 1.16 bits per heavy atom. The molecule has 0 radical (unpaired) electrons. The lowest BCUT2D eigenvalue weighted by atomic mass is 10.3. The molecule has 0 aliphatic carbocycles. The molecule has 1 fully saturated rings. The molecule has 1 heterocycles. The third kappa shape index (κ3) is 13.0. The topological polar surface area (TPSA) is 85.4 Å². The Labute approximate surface area is 233 Å². The van der Waals surface area contributed by atoms with E-state index in [2.05, 4.69) is 11.9 Å². The summed E-state index contributed by atoms with van der Waals surface area (Å²) in [6.07, 6.45) is 3.56. The normalized spacial score (nSPS) is 12.9. The van der Waals surface area contributed by atoms with Gasteiger partial charge in [-0.05, 0) is 88.4 Å². The van der Waals surface area contributed by atoms with Crippen LogP contribution >= 0.6 is 23.5 Å². The van der Waals surface area contributed by atoms with Gasteiger partial charge in [0.05, 0.1) is 13.1 Å². The maximum Gasteiger partial charge on any atom is 0.258 e. The van der Waals surface area contributed by atoms with Gasteiger partial charge < -0.3 is 14.4 Å². The molecule has 3 rings (SSSR count). The molecule has 8 nitrogen and oxygen atoms in total. The molecule has 12 heteroatoms. The zero-order valence-corrected chi connectivity index (χ0v) is 23.8. The van der Waals surface area contributed by atoms with E-state index in [1.165, 1.54) is 60.0 Å². The first-order valence-corrected chi connectivity index (χ1v) is 13.5. The number of rotatable bonds is 11. The Morgan fingerprint density at radius 2 is 1.74 bits per heavy atom. The predicted octanol–water partition coefficient (Wildman–Crippen LogP) is 5.09. The van der Waals surface area contributed by atoms with Gasteiger partial charge in [0, 0.05) is 23.0 Å². The summed E-state index contributed by atoms with van der Waals surface area (Å²) >= 11 is 6.71. The largest absolute Gasteiger partial charge is 0.451 e. The molecule has 1 amide bonds. The standard InChI is InChI=1S/C19H20ClF2N3O4S.C5H11N.C2H6/c1-24(8-9-26)6-7-25(12-18(27)23-28)30-15-10-16(21)19(17(22)11-15)29-14-4-2-13(20)3-5-14;1-6-4-2-3-5-6;1-2/h2-5,9-11,28H,6-8,12H2,1H3,(H,23,27);2-5H2,1H3;1-2H3. The number of nitrogens with one attached hydrogen (secondary N) is 1. The highest BCUT2D eigenvalue weighted by Crippen LogP contribution is 2.33. The molecule has 1 aliphatic rings. The molecule has 0 aromatic heterocycles. The monoisotopic (exact) mass is 574 g/mol. The first-order valence-electron chi connectivity index (χ1n) is 12.3. The summed E-state index contributed by atoms with van der Waals surface area (Å²) in [6, 6.07) is 8.19. The molecule has 38 heavy (non-hydrogen) atoms. The molecule has 1 saturated heterocycles. The van der Waals surface area contributed by atoms with Crippen LogP contribution in [0.3, 0.4) is 0 Å². The summed E-state index contributed by atoms with van der Waals surface area (Å²) in [5.74, 6) is -2.87. The quantitative estimate of drug-likeness (QED) is 0.166. The highest BCUT2D eigenvalue weighted by molar-refractivity contribution is 7.97. The second-order valence-electron chi connectivity index (χ2n) is 8.20. The van der Waals surface area contributed by atoms with Gasteiger partial charge in [-0.25, -0.2) is 18.6 Å². The number of likely N-dealkylation sites (tertiary alicyclic amines) is 1. The van der Waals surface area contributed by atoms with Gasteiger partial charge in [-0.15, -0.1) is 0 Å². The van der Waals surface area contributed by atoms with Crippen LogP contribution in [0.1, 0.15) is 26.7 Å². The van der Waals surface area contributed by atoms with Gasteiger partial charge in [0.1, 0.15) is 12.0 Å². The maximum atomic E-state index is 14.5. The van der Waals surface area contributed by atoms with E-state index in [4.69, 9.17) is 21.5 Å². The van der Waals surface area contributed by atoms with E-state index < -0.39 is 23.3 Å². The van der Waals surface area contributed by atoms with Crippen LogP contribution in [0.5, 0.6) is 11.5 Å². The summed E-state index contributed by atoms with van der Waals surface area (Å²) in [7, 11) is 3.89. The zero-order valence-electron chi connectivity index (χ0n) is 22.3. The molecular formula is C26H37ClF2N4O4S. The van der Waals surface area contributed by atoms with Gasteiger partial charge in [0.2, 0.25) is 0 Å². The van der Waals surface area contributed by atoms with Crippen LogP contribution in [0.4, 0.5) is 8.78 Å². The van der Waals surface area contributed by atoms with E-state index in [-0.39, 0.29) is 30.3 Å². The highest BCUT2D eigenvalue weighted by atomic mass is 35.5. The van der Waals surface area contributed by atoms with E-state index in [1.54, 1.807) is 11.9 Å². The molecule has 2 aromatic rings. The number of aldehydes is 1. The van der Waals surface area contributed by atoms with Gasteiger partial charge in [0.15, 0.2) is 17.4 Å². The number of halogens is 3. The van der Waals surface area contributed by atoms with Crippen molar-refractivity contribution in [1.82, 2.24) is 19.6 Å². The number of likely N-dealkylation sites (N-methyl/N-ethyl adjacent to an activating group) is 1. The minimum Gasteiger partial charge on any atom is -0.451 e. The number of hydroxylamine groups is 1. The van der Waals surface area contributed by atoms with Crippen molar-refractivity contribution >= 4 is 35.7 Å². The second kappa shape index (κ2) is 18.9. The molecule has 0 unspecified atom stereocenters. The summed E-state index contributed by atoms with van der Waals surface area (Å²) in [4.78, 5) is 26.4. The van der Waals surface area contributed by atoms with Crippen molar-refractivity contribution in [3.8, 4) is 11.5 Å². The summed E-state index contributed by atoms with van der Waals surface area (Å²) in [6.45, 7) is 7.30. The third-order valence-electron chi connectivity index (χ3n) is 5.13. The average molecular weight is 575 g/mol. The van der Waals surface area contributed by atoms with Crippen molar-refractivity contribution < 1.29 is 28.3 Å². The summed E-state index contributed by atoms with van der Waals surface area (Å²) in [5, 5.41) is 9.22. The van der Waals surface area contributed by atoms with Crippen LogP contribution < -0.4 is 10.2 Å². The number of hydrogen-bond donors (Lipinski definition) is 2. The Balaban J connectivity index is 0.000000777. The van der Waals surface area contributed by atoms with Crippen molar-refractivity contribution in [2.24, 2.45) is 0 Å². The van der Waals surface area contributed by atoms with Gasteiger partial charge in [0.25, 0.3) is 5.91 Å². The number of hydrogen-bond acceptors (Lipinski definition) is 8. The predicted molar refractivity (Wildman–Crippen MR) is 147 cm³/mol. The van der Waals surface area contributed by atoms with E-state index in [0.717, 1.165) is 30.4 Å². The number of ether oxygens (including phenoxy) is 1. The van der Waals surface area contributed by atoms with Crippen LogP contribution in [0.25, 0.3) is 0 Å². The molecule has 212 valence electrons. The van der Waals surface area contributed by atoms with Gasteiger partial charge >= 0.3 is 0 Å². The molecule has 0 atom stereocenters. The Bertz CT molecular complexity index is 959. The van der Waals surface area contributed by atoms with Crippen LogP contribution in [0, 0.1) is 11.6 Å². The van der Waals surface area contributed by atoms with Crippen molar-refractivity contribution in [1.29, 1.82) is 0 Å². The van der Waals surface area contributed by atoms with Crippen molar-refractivity contribution in [2.45, 2.75) is 31.6 Å². The van der Waals surface area contributed by atoms with E-state index in [1.807, 2.05) is 13.8 Å². The Morgan fingerprint density at radius 3 is 2.21 bits per heavy atom. The fourth-order valence-electron chi connectivity index (χ4n) is 3.18. The first-order chi connectivity index (χ1) is 18.2. The molecule has 2 aromatic carbocycles. The molecule has 0 saturated carbocycles. The highest BCUT2D eigenvalue weighted by Gasteiger charge is 2.18. The minimum atomic E-state index is -0.919. The number of benzene rings is 2. The second-order valence-corrected chi connectivity index (χ2v) is 9.81. The minimum absolute atomic E-state index is 0.192. The zero-order chi connectivity index (χ0) is 28.5. The maximum absolute atomic E-state index is 14.5. The van der Waals surface area contributed by atoms with Gasteiger partial charge in [-0.1, -0.05) is 25.4 Å². The summed E-state index contributed by atoms with van der Waals surface area (Å²) in [5.41, 5.74) is 1.52. The molecule has 0 bridgehead atoms. The fourth-order valence-corrected chi connectivity index (χ4v) is 4.28. The van der Waals surface area contributed by atoms with Crippen LogP contribution in [0.2, 0.25) is 5.02 Å². The number of amides is 1. The van der Waals surface area contributed by atoms with Crippen LogP contribution in [0.15, 0.2) is 41.3 Å².